The van der Waals surface area contributed by atoms with Crippen molar-refractivity contribution in [2.24, 2.45) is 11.8 Å². The van der Waals surface area contributed by atoms with Crippen LogP contribution in [0, 0.1) is 5.92 Å². The quantitative estimate of drug-likeness (QED) is 0.656. The van der Waals surface area contributed by atoms with Crippen LogP contribution < -0.4 is 11.3 Å². The largest absolute Gasteiger partial charge is 0.271 e. The highest BCUT2D eigenvalue weighted by Crippen LogP contribution is 2.34. The minimum Gasteiger partial charge on any atom is -0.271 e. The molecule has 1 aliphatic rings. The third-order valence-corrected chi connectivity index (χ3v) is 5.06. The second-order valence-electron chi connectivity index (χ2n) is 5.39. The van der Waals surface area contributed by atoms with Crippen molar-refractivity contribution < 1.29 is 8.42 Å². The molecule has 5 heteroatoms. The van der Waals surface area contributed by atoms with Crippen molar-refractivity contribution in [1.82, 2.24) is 5.43 Å². The number of sulfone groups is 1. The zero-order chi connectivity index (χ0) is 13.9. The fourth-order valence-electron chi connectivity index (χ4n) is 2.91. The van der Waals surface area contributed by atoms with Crippen molar-refractivity contribution in [2.75, 3.05) is 6.26 Å². The summed E-state index contributed by atoms with van der Waals surface area (Å²) < 4.78 is 23.2. The van der Waals surface area contributed by atoms with Gasteiger partial charge >= 0.3 is 0 Å². The Bertz CT molecular complexity index is 522. The summed E-state index contributed by atoms with van der Waals surface area (Å²) in [5.74, 6) is 6.19. The summed E-state index contributed by atoms with van der Waals surface area (Å²) >= 11 is 0. The average molecular weight is 282 g/mol. The number of benzene rings is 1. The molecule has 0 heterocycles. The van der Waals surface area contributed by atoms with E-state index in [2.05, 4.69) is 5.43 Å². The lowest BCUT2D eigenvalue weighted by atomic mass is 9.81. The predicted molar refractivity (Wildman–Crippen MR) is 76.2 cm³/mol. The molecule has 1 saturated carbocycles. The average Bonchev–Trinajstić information content (AvgIpc) is 2.40. The number of hydrogen-bond acceptors (Lipinski definition) is 4. The Labute approximate surface area is 115 Å². The van der Waals surface area contributed by atoms with Gasteiger partial charge in [-0.2, -0.15) is 0 Å². The van der Waals surface area contributed by atoms with E-state index < -0.39 is 9.84 Å². The van der Waals surface area contributed by atoms with E-state index in [4.69, 9.17) is 5.84 Å². The first-order valence-corrected chi connectivity index (χ1v) is 8.67. The molecule has 1 aliphatic carbocycles. The van der Waals surface area contributed by atoms with Crippen molar-refractivity contribution in [3.05, 3.63) is 29.8 Å². The smallest absolute Gasteiger partial charge is 0.175 e. The van der Waals surface area contributed by atoms with Crippen molar-refractivity contribution in [3.63, 3.8) is 0 Å². The molecule has 1 atom stereocenters. The van der Waals surface area contributed by atoms with Gasteiger partial charge in [0, 0.05) is 12.3 Å². The van der Waals surface area contributed by atoms with Crippen LogP contribution in [-0.4, -0.2) is 14.7 Å². The third kappa shape index (κ3) is 3.55. The van der Waals surface area contributed by atoms with Crippen LogP contribution >= 0.6 is 0 Å². The van der Waals surface area contributed by atoms with Crippen LogP contribution in [0.25, 0.3) is 0 Å². The maximum absolute atomic E-state index is 11.6. The Hall–Kier alpha value is -0.910. The summed E-state index contributed by atoms with van der Waals surface area (Å²) in [6.45, 7) is 0. The lowest BCUT2D eigenvalue weighted by Crippen LogP contribution is -2.34. The van der Waals surface area contributed by atoms with Crippen molar-refractivity contribution >= 4 is 9.84 Å². The SMILES string of the molecule is CS(=O)(=O)c1cccc(C(NN)C2CCCCC2)c1. The molecule has 106 valence electrons. The highest BCUT2D eigenvalue weighted by atomic mass is 32.2. The molecule has 0 spiro atoms. The molecule has 0 amide bonds. The Morgan fingerprint density at radius 1 is 1.26 bits per heavy atom. The summed E-state index contributed by atoms with van der Waals surface area (Å²) in [4.78, 5) is 0.362. The van der Waals surface area contributed by atoms with Crippen molar-refractivity contribution in [1.29, 1.82) is 0 Å². The molecule has 3 N–H and O–H groups in total. The zero-order valence-electron chi connectivity index (χ0n) is 11.3. The van der Waals surface area contributed by atoms with E-state index in [-0.39, 0.29) is 6.04 Å². The van der Waals surface area contributed by atoms with E-state index in [1.807, 2.05) is 6.07 Å². The van der Waals surface area contributed by atoms with Gasteiger partial charge in [0.25, 0.3) is 0 Å². The fraction of sp³-hybridized carbons (Fsp3) is 0.571. The number of hydrogen-bond donors (Lipinski definition) is 2. The van der Waals surface area contributed by atoms with Crippen LogP contribution in [0.5, 0.6) is 0 Å². The van der Waals surface area contributed by atoms with E-state index >= 15 is 0 Å². The van der Waals surface area contributed by atoms with Crippen LogP contribution in [0.15, 0.2) is 29.2 Å². The van der Waals surface area contributed by atoms with E-state index in [1.54, 1.807) is 18.2 Å². The molecule has 0 aliphatic heterocycles. The summed E-state index contributed by atoms with van der Waals surface area (Å²) in [7, 11) is -3.17. The summed E-state index contributed by atoms with van der Waals surface area (Å²) in [6, 6.07) is 7.16. The second-order valence-corrected chi connectivity index (χ2v) is 7.40. The molecule has 2 rings (SSSR count). The molecule has 0 bridgehead atoms. The number of nitrogens with one attached hydrogen (secondary N) is 1. The fourth-order valence-corrected chi connectivity index (χ4v) is 3.59. The van der Waals surface area contributed by atoms with Gasteiger partial charge < -0.3 is 0 Å². The Morgan fingerprint density at radius 2 is 1.95 bits per heavy atom. The Kier molecular flexibility index (Phi) is 4.60. The van der Waals surface area contributed by atoms with Gasteiger partial charge in [0.15, 0.2) is 9.84 Å². The lowest BCUT2D eigenvalue weighted by Gasteiger charge is -2.30. The molecule has 0 radical (unpaired) electrons. The van der Waals surface area contributed by atoms with Gasteiger partial charge in [0.1, 0.15) is 0 Å². The van der Waals surface area contributed by atoms with Crippen LogP contribution in [-0.2, 0) is 9.84 Å². The molecule has 1 aromatic rings. The third-order valence-electron chi connectivity index (χ3n) is 3.95. The van der Waals surface area contributed by atoms with E-state index in [0.717, 1.165) is 18.4 Å². The molecule has 19 heavy (non-hydrogen) atoms. The first-order chi connectivity index (χ1) is 9.02. The minimum absolute atomic E-state index is 0.0435. The van der Waals surface area contributed by atoms with E-state index in [9.17, 15) is 8.42 Å². The molecule has 1 aromatic carbocycles. The van der Waals surface area contributed by atoms with Gasteiger partial charge in [0.2, 0.25) is 0 Å². The van der Waals surface area contributed by atoms with Crippen LogP contribution in [0.3, 0.4) is 0 Å². The standard InChI is InChI=1S/C14H22N2O2S/c1-19(17,18)13-9-5-8-12(10-13)14(16-15)11-6-3-2-4-7-11/h5,8-11,14,16H,2-4,6-7,15H2,1H3. The molecule has 1 fully saturated rings. The number of nitrogens with two attached hydrogens (primary N) is 1. The van der Waals surface area contributed by atoms with Crippen molar-refractivity contribution in [3.8, 4) is 0 Å². The van der Waals surface area contributed by atoms with Gasteiger partial charge in [-0.25, -0.2) is 8.42 Å². The first-order valence-electron chi connectivity index (χ1n) is 6.78. The molecule has 0 aromatic heterocycles. The Morgan fingerprint density at radius 3 is 2.53 bits per heavy atom. The zero-order valence-corrected chi connectivity index (χ0v) is 12.1. The highest BCUT2D eigenvalue weighted by Gasteiger charge is 2.24. The van der Waals surface area contributed by atoms with Gasteiger partial charge in [-0.15, -0.1) is 0 Å². The highest BCUT2D eigenvalue weighted by molar-refractivity contribution is 7.90. The van der Waals surface area contributed by atoms with Crippen molar-refractivity contribution in [2.45, 2.75) is 43.0 Å². The van der Waals surface area contributed by atoms with Crippen LogP contribution in [0.4, 0.5) is 0 Å². The lowest BCUT2D eigenvalue weighted by molar-refractivity contribution is 0.273. The number of rotatable bonds is 4. The summed E-state index contributed by atoms with van der Waals surface area (Å²) in [5.41, 5.74) is 3.84. The first kappa shape index (κ1) is 14.5. The normalized spacial score (nSPS) is 19.3. The van der Waals surface area contributed by atoms with Gasteiger partial charge in [-0.1, -0.05) is 31.4 Å². The van der Waals surface area contributed by atoms with Crippen LogP contribution in [0.1, 0.15) is 43.7 Å². The van der Waals surface area contributed by atoms with Gasteiger partial charge in [-0.3, -0.25) is 11.3 Å². The maximum atomic E-state index is 11.6. The maximum Gasteiger partial charge on any atom is 0.175 e. The van der Waals surface area contributed by atoms with E-state index in [1.165, 1.54) is 25.5 Å². The van der Waals surface area contributed by atoms with Crippen LogP contribution in [0.2, 0.25) is 0 Å². The van der Waals surface area contributed by atoms with Gasteiger partial charge in [0.05, 0.1) is 4.90 Å². The second kappa shape index (κ2) is 6.03. The molecular weight excluding hydrogens is 260 g/mol. The number of hydrazine groups is 1. The minimum atomic E-state index is -3.17. The molecule has 4 nitrogen and oxygen atoms in total. The molecule has 1 unspecified atom stereocenters. The predicted octanol–water partition coefficient (Wildman–Crippen LogP) is 2.17. The Balaban J connectivity index is 2.27. The molecular formula is C14H22N2O2S. The summed E-state index contributed by atoms with van der Waals surface area (Å²) in [5, 5.41) is 0. The van der Waals surface area contributed by atoms with Gasteiger partial charge in [-0.05, 0) is 36.5 Å². The monoisotopic (exact) mass is 282 g/mol. The molecule has 0 saturated heterocycles. The topological polar surface area (TPSA) is 72.2 Å². The van der Waals surface area contributed by atoms with E-state index in [0.29, 0.717) is 10.8 Å². The summed E-state index contributed by atoms with van der Waals surface area (Å²) in [6.07, 6.45) is 7.29.